The van der Waals surface area contributed by atoms with E-state index in [-0.39, 0.29) is 12.5 Å². The van der Waals surface area contributed by atoms with Gasteiger partial charge in [-0.05, 0) is 37.1 Å². The molecule has 0 aliphatic carbocycles. The Labute approximate surface area is 122 Å². The minimum absolute atomic E-state index is 0.195. The van der Waals surface area contributed by atoms with Gasteiger partial charge in [0.2, 0.25) is 5.91 Å². The Morgan fingerprint density at radius 2 is 2.05 bits per heavy atom. The molecule has 3 nitrogen and oxygen atoms in total. The minimum atomic E-state index is -0.837. The van der Waals surface area contributed by atoms with Gasteiger partial charge in [-0.1, -0.05) is 41.4 Å². The van der Waals surface area contributed by atoms with Crippen LogP contribution >= 0.6 is 15.9 Å². The first-order chi connectivity index (χ1) is 8.93. The van der Waals surface area contributed by atoms with Crippen molar-refractivity contribution in [2.75, 3.05) is 6.54 Å². The molecule has 0 aromatic heterocycles. The van der Waals surface area contributed by atoms with E-state index in [1.165, 1.54) is 6.08 Å². The molecule has 1 aromatic rings. The Morgan fingerprint density at radius 3 is 2.63 bits per heavy atom. The fraction of sp³-hybridized carbons (Fsp3) is 0.400. The van der Waals surface area contributed by atoms with Gasteiger partial charge in [0.25, 0.3) is 0 Å². The summed E-state index contributed by atoms with van der Waals surface area (Å²) in [6, 6.07) is 7.68. The molecule has 0 spiro atoms. The first kappa shape index (κ1) is 15.9. The van der Waals surface area contributed by atoms with Crippen LogP contribution in [0.25, 0.3) is 6.08 Å². The molecule has 0 aliphatic rings. The van der Waals surface area contributed by atoms with E-state index >= 15 is 0 Å². The maximum atomic E-state index is 11.6. The van der Waals surface area contributed by atoms with Crippen LogP contribution in [0.4, 0.5) is 0 Å². The lowest BCUT2D eigenvalue weighted by atomic mass is 10.0. The van der Waals surface area contributed by atoms with E-state index in [4.69, 9.17) is 0 Å². The molecular weight excluding hydrogens is 306 g/mol. The van der Waals surface area contributed by atoms with Gasteiger partial charge >= 0.3 is 0 Å². The maximum Gasteiger partial charge on any atom is 0.244 e. The smallest absolute Gasteiger partial charge is 0.244 e. The molecular formula is C15H20BrNO2. The lowest BCUT2D eigenvalue weighted by molar-refractivity contribution is -0.117. The number of hydrogen-bond donors (Lipinski definition) is 2. The molecule has 1 rings (SSSR count). The third-order valence-electron chi connectivity index (χ3n) is 2.73. The highest BCUT2D eigenvalue weighted by Crippen LogP contribution is 2.12. The van der Waals surface area contributed by atoms with E-state index in [1.54, 1.807) is 13.0 Å². The van der Waals surface area contributed by atoms with Gasteiger partial charge in [-0.3, -0.25) is 4.79 Å². The van der Waals surface area contributed by atoms with Gasteiger partial charge in [0, 0.05) is 17.1 Å². The Bertz CT molecular complexity index is 438. The standard InChI is InChI=1S/C15H20BrNO2/c1-3-10-15(2,19)11-17-14(18)9-6-12-4-7-13(16)8-5-12/h4-9,19H,3,10-11H2,1-2H3,(H,17,18)/b9-6+. The molecule has 0 heterocycles. The summed E-state index contributed by atoms with van der Waals surface area (Å²) in [6.45, 7) is 4.00. The summed E-state index contributed by atoms with van der Waals surface area (Å²) < 4.78 is 1.00. The van der Waals surface area contributed by atoms with Gasteiger partial charge in [0.1, 0.15) is 0 Å². The van der Waals surface area contributed by atoms with Gasteiger partial charge < -0.3 is 10.4 Å². The molecule has 0 aliphatic heterocycles. The van der Waals surface area contributed by atoms with Crippen molar-refractivity contribution in [3.63, 3.8) is 0 Å². The van der Waals surface area contributed by atoms with Gasteiger partial charge in [0.05, 0.1) is 5.60 Å². The molecule has 4 heteroatoms. The van der Waals surface area contributed by atoms with Crippen molar-refractivity contribution in [3.8, 4) is 0 Å². The van der Waals surface area contributed by atoms with Crippen molar-refractivity contribution in [1.82, 2.24) is 5.32 Å². The zero-order valence-corrected chi connectivity index (χ0v) is 12.9. The number of amides is 1. The second kappa shape index (κ2) is 7.46. The van der Waals surface area contributed by atoms with Crippen molar-refractivity contribution in [2.24, 2.45) is 0 Å². The lowest BCUT2D eigenvalue weighted by Crippen LogP contribution is -2.39. The van der Waals surface area contributed by atoms with Crippen molar-refractivity contribution < 1.29 is 9.90 Å². The molecule has 1 unspecified atom stereocenters. The minimum Gasteiger partial charge on any atom is -0.388 e. The van der Waals surface area contributed by atoms with Gasteiger partial charge in [0.15, 0.2) is 0 Å². The van der Waals surface area contributed by atoms with E-state index in [0.717, 1.165) is 16.5 Å². The lowest BCUT2D eigenvalue weighted by Gasteiger charge is -2.22. The topological polar surface area (TPSA) is 49.3 Å². The first-order valence-electron chi connectivity index (χ1n) is 6.37. The summed E-state index contributed by atoms with van der Waals surface area (Å²) in [4.78, 5) is 11.6. The van der Waals surface area contributed by atoms with Crippen molar-refractivity contribution in [2.45, 2.75) is 32.3 Å². The van der Waals surface area contributed by atoms with Crippen molar-refractivity contribution in [3.05, 3.63) is 40.4 Å². The molecule has 2 N–H and O–H groups in total. The molecule has 1 aromatic carbocycles. The number of nitrogens with one attached hydrogen (secondary N) is 1. The van der Waals surface area contributed by atoms with Crippen LogP contribution in [0.15, 0.2) is 34.8 Å². The molecule has 0 fully saturated rings. The molecule has 19 heavy (non-hydrogen) atoms. The summed E-state index contributed by atoms with van der Waals surface area (Å²) in [6.07, 6.45) is 4.78. The second-order valence-corrected chi connectivity index (χ2v) is 5.77. The Kier molecular flexibility index (Phi) is 6.25. The van der Waals surface area contributed by atoms with Gasteiger partial charge in [-0.25, -0.2) is 0 Å². The zero-order valence-electron chi connectivity index (χ0n) is 11.3. The molecule has 104 valence electrons. The molecule has 0 saturated carbocycles. The van der Waals surface area contributed by atoms with E-state index in [0.29, 0.717) is 6.42 Å². The molecule has 0 saturated heterocycles. The number of carbonyl (C=O) groups excluding carboxylic acids is 1. The molecule has 0 radical (unpaired) electrons. The molecule has 0 bridgehead atoms. The average Bonchev–Trinajstić information content (AvgIpc) is 2.36. The first-order valence-corrected chi connectivity index (χ1v) is 7.16. The SMILES string of the molecule is CCCC(C)(O)CNC(=O)/C=C/c1ccc(Br)cc1. The van der Waals surface area contributed by atoms with Crippen LogP contribution in [-0.4, -0.2) is 23.2 Å². The largest absolute Gasteiger partial charge is 0.388 e. The van der Waals surface area contributed by atoms with Gasteiger partial charge in [-0.15, -0.1) is 0 Å². The Morgan fingerprint density at radius 1 is 1.42 bits per heavy atom. The van der Waals surface area contributed by atoms with Crippen LogP contribution in [0.5, 0.6) is 0 Å². The Balaban J connectivity index is 2.45. The molecule has 1 atom stereocenters. The van der Waals surface area contributed by atoms with E-state index < -0.39 is 5.60 Å². The third kappa shape index (κ3) is 6.55. The van der Waals surface area contributed by atoms with Gasteiger partial charge in [-0.2, -0.15) is 0 Å². The molecule has 1 amide bonds. The van der Waals surface area contributed by atoms with Crippen LogP contribution in [0.2, 0.25) is 0 Å². The van der Waals surface area contributed by atoms with Crippen molar-refractivity contribution >= 4 is 27.9 Å². The number of benzene rings is 1. The summed E-state index contributed by atoms with van der Waals surface area (Å²) in [5.41, 5.74) is 0.120. The Hall–Kier alpha value is -1.13. The van der Waals surface area contributed by atoms with Crippen LogP contribution in [-0.2, 0) is 4.79 Å². The summed E-state index contributed by atoms with van der Waals surface area (Å²) in [5, 5.41) is 12.6. The number of halogens is 1. The van der Waals surface area contributed by atoms with E-state index in [1.807, 2.05) is 31.2 Å². The fourth-order valence-electron chi connectivity index (χ4n) is 1.71. The number of carbonyl (C=O) groups is 1. The zero-order chi connectivity index (χ0) is 14.3. The highest BCUT2D eigenvalue weighted by Gasteiger charge is 2.18. The number of rotatable bonds is 6. The van der Waals surface area contributed by atoms with Crippen LogP contribution < -0.4 is 5.32 Å². The average molecular weight is 326 g/mol. The summed E-state index contributed by atoms with van der Waals surface area (Å²) in [5.74, 6) is -0.195. The van der Waals surface area contributed by atoms with Crippen LogP contribution in [0, 0.1) is 0 Å². The van der Waals surface area contributed by atoms with E-state index in [2.05, 4.69) is 21.2 Å². The van der Waals surface area contributed by atoms with Crippen molar-refractivity contribution in [1.29, 1.82) is 0 Å². The maximum absolute atomic E-state index is 11.6. The monoisotopic (exact) mass is 325 g/mol. The van der Waals surface area contributed by atoms with Crippen LogP contribution in [0.3, 0.4) is 0 Å². The second-order valence-electron chi connectivity index (χ2n) is 4.85. The number of aliphatic hydroxyl groups is 1. The normalized spacial score (nSPS) is 14.3. The highest BCUT2D eigenvalue weighted by molar-refractivity contribution is 9.10. The third-order valence-corrected chi connectivity index (χ3v) is 3.26. The van der Waals surface area contributed by atoms with E-state index in [9.17, 15) is 9.90 Å². The fourth-order valence-corrected chi connectivity index (χ4v) is 1.97. The quantitative estimate of drug-likeness (QED) is 0.789. The predicted molar refractivity (Wildman–Crippen MR) is 81.7 cm³/mol. The predicted octanol–water partition coefficient (Wildman–Crippen LogP) is 3.13. The summed E-state index contributed by atoms with van der Waals surface area (Å²) >= 11 is 3.36. The van der Waals surface area contributed by atoms with Crippen LogP contribution in [0.1, 0.15) is 32.3 Å². The highest BCUT2D eigenvalue weighted by atomic mass is 79.9. The summed E-state index contributed by atoms with van der Waals surface area (Å²) in [7, 11) is 0. The number of hydrogen-bond acceptors (Lipinski definition) is 2.